The normalized spacial score (nSPS) is 19.1. The molecule has 1 atom stereocenters. The Morgan fingerprint density at radius 2 is 2.39 bits per heavy atom. The molecule has 1 saturated heterocycles. The lowest BCUT2D eigenvalue weighted by atomic mass is 10.1. The minimum Gasteiger partial charge on any atom is -0.381 e. The molecule has 6 heteroatoms. The third-order valence-electron chi connectivity index (χ3n) is 2.85. The third-order valence-corrected chi connectivity index (χ3v) is 3.62. The van der Waals surface area contributed by atoms with Crippen LogP contribution >= 0.6 is 11.3 Å². The predicted octanol–water partition coefficient (Wildman–Crippen LogP) is 2.92. The van der Waals surface area contributed by atoms with E-state index < -0.39 is 5.95 Å². The number of rotatable bonds is 3. The average molecular weight is 265 g/mol. The zero-order valence-corrected chi connectivity index (χ0v) is 10.4. The fraction of sp³-hybridized carbons (Fsp3) is 0.333. The quantitative estimate of drug-likeness (QED) is 0.867. The number of anilines is 2. The second-order valence-electron chi connectivity index (χ2n) is 4.13. The minimum absolute atomic E-state index is 0.406. The van der Waals surface area contributed by atoms with Gasteiger partial charge in [-0.15, -0.1) is 11.3 Å². The van der Waals surface area contributed by atoms with Gasteiger partial charge in [-0.2, -0.15) is 4.39 Å². The van der Waals surface area contributed by atoms with Crippen molar-refractivity contribution in [2.45, 2.75) is 12.3 Å². The van der Waals surface area contributed by atoms with Crippen molar-refractivity contribution in [1.29, 1.82) is 0 Å². The molecule has 0 spiro atoms. The fourth-order valence-corrected chi connectivity index (χ4v) is 2.68. The van der Waals surface area contributed by atoms with E-state index in [1.807, 2.05) is 5.38 Å². The van der Waals surface area contributed by atoms with Crippen LogP contribution in [0.1, 0.15) is 18.0 Å². The Labute approximate surface area is 108 Å². The van der Waals surface area contributed by atoms with Gasteiger partial charge in [0.15, 0.2) is 5.13 Å². The Bertz CT molecular complexity index is 522. The van der Waals surface area contributed by atoms with Gasteiger partial charge in [0.2, 0.25) is 5.95 Å². The Balaban J connectivity index is 1.71. The van der Waals surface area contributed by atoms with E-state index in [9.17, 15) is 4.39 Å². The Morgan fingerprint density at radius 1 is 1.44 bits per heavy atom. The van der Waals surface area contributed by atoms with Crippen LogP contribution in [-0.2, 0) is 4.74 Å². The first kappa shape index (κ1) is 11.6. The molecule has 2 aromatic heterocycles. The van der Waals surface area contributed by atoms with Crippen molar-refractivity contribution < 1.29 is 9.13 Å². The summed E-state index contributed by atoms with van der Waals surface area (Å²) in [4.78, 5) is 8.10. The summed E-state index contributed by atoms with van der Waals surface area (Å²) in [6.45, 7) is 1.56. The molecule has 1 fully saturated rings. The number of hydrogen-bond donors (Lipinski definition) is 1. The van der Waals surface area contributed by atoms with E-state index >= 15 is 0 Å². The van der Waals surface area contributed by atoms with E-state index in [2.05, 4.69) is 15.3 Å². The van der Waals surface area contributed by atoms with Crippen molar-refractivity contribution in [2.24, 2.45) is 0 Å². The molecule has 3 heterocycles. The summed E-state index contributed by atoms with van der Waals surface area (Å²) >= 11 is 1.54. The second-order valence-corrected chi connectivity index (χ2v) is 4.99. The summed E-state index contributed by atoms with van der Waals surface area (Å²) in [5, 5.41) is 5.95. The van der Waals surface area contributed by atoms with E-state index in [1.54, 1.807) is 6.07 Å². The van der Waals surface area contributed by atoms with E-state index in [1.165, 1.54) is 23.6 Å². The number of aromatic nitrogens is 2. The van der Waals surface area contributed by atoms with Crippen LogP contribution in [0.4, 0.5) is 15.2 Å². The number of halogens is 1. The van der Waals surface area contributed by atoms with Crippen molar-refractivity contribution >= 4 is 22.2 Å². The number of nitrogens with zero attached hydrogens (tertiary/aromatic N) is 2. The van der Waals surface area contributed by atoms with Gasteiger partial charge in [-0.05, 0) is 18.6 Å². The van der Waals surface area contributed by atoms with Crippen molar-refractivity contribution in [3.63, 3.8) is 0 Å². The molecule has 94 valence electrons. The average Bonchev–Trinajstić information content (AvgIpc) is 3.02. The molecule has 1 aliphatic rings. The number of thiazole rings is 1. The Hall–Kier alpha value is -1.53. The van der Waals surface area contributed by atoms with Crippen molar-refractivity contribution in [3.8, 4) is 0 Å². The maximum Gasteiger partial charge on any atom is 0.212 e. The largest absolute Gasteiger partial charge is 0.381 e. The highest BCUT2D eigenvalue weighted by Crippen LogP contribution is 2.29. The maximum atomic E-state index is 12.7. The summed E-state index contributed by atoms with van der Waals surface area (Å²) in [5.41, 5.74) is 1.80. The molecular weight excluding hydrogens is 253 g/mol. The lowest BCUT2D eigenvalue weighted by molar-refractivity contribution is 0.193. The molecule has 3 rings (SSSR count). The van der Waals surface area contributed by atoms with Gasteiger partial charge in [0.1, 0.15) is 0 Å². The number of hydrogen-bond acceptors (Lipinski definition) is 5. The summed E-state index contributed by atoms with van der Waals surface area (Å²) in [5.74, 6) is -0.0772. The summed E-state index contributed by atoms with van der Waals surface area (Å²) < 4.78 is 18.0. The van der Waals surface area contributed by atoms with Gasteiger partial charge >= 0.3 is 0 Å². The Morgan fingerprint density at radius 3 is 3.11 bits per heavy atom. The van der Waals surface area contributed by atoms with E-state index in [0.29, 0.717) is 5.92 Å². The first-order valence-corrected chi connectivity index (χ1v) is 6.61. The van der Waals surface area contributed by atoms with E-state index in [-0.39, 0.29) is 0 Å². The van der Waals surface area contributed by atoms with Crippen LogP contribution in [0.5, 0.6) is 0 Å². The molecule has 1 aliphatic heterocycles. The summed E-state index contributed by atoms with van der Waals surface area (Å²) in [6, 6.07) is 2.96. The highest BCUT2D eigenvalue weighted by Gasteiger charge is 2.20. The topological polar surface area (TPSA) is 47.0 Å². The lowest BCUT2D eigenvalue weighted by Crippen LogP contribution is -1.98. The van der Waals surface area contributed by atoms with Crippen LogP contribution in [0.25, 0.3) is 0 Å². The van der Waals surface area contributed by atoms with Gasteiger partial charge < -0.3 is 10.1 Å². The zero-order valence-electron chi connectivity index (χ0n) is 9.60. The molecule has 2 aromatic rings. The molecule has 0 amide bonds. The third kappa shape index (κ3) is 2.49. The van der Waals surface area contributed by atoms with Gasteiger partial charge in [-0.25, -0.2) is 9.97 Å². The van der Waals surface area contributed by atoms with Crippen molar-refractivity contribution in [1.82, 2.24) is 9.97 Å². The van der Waals surface area contributed by atoms with Crippen LogP contribution in [0, 0.1) is 5.95 Å². The van der Waals surface area contributed by atoms with Crippen LogP contribution in [-0.4, -0.2) is 23.2 Å². The van der Waals surface area contributed by atoms with Gasteiger partial charge in [0, 0.05) is 17.9 Å². The molecule has 1 N–H and O–H groups in total. The van der Waals surface area contributed by atoms with E-state index in [0.717, 1.165) is 36.1 Å². The van der Waals surface area contributed by atoms with Crippen molar-refractivity contribution in [2.75, 3.05) is 18.5 Å². The van der Waals surface area contributed by atoms with Gasteiger partial charge in [-0.3, -0.25) is 0 Å². The SMILES string of the molecule is Fc1ccc(Nc2nc(C3CCOC3)cs2)cn1. The summed E-state index contributed by atoms with van der Waals surface area (Å²) in [7, 11) is 0. The van der Waals surface area contributed by atoms with Crippen LogP contribution in [0.15, 0.2) is 23.7 Å². The molecule has 0 bridgehead atoms. The summed E-state index contributed by atoms with van der Waals surface area (Å²) in [6.07, 6.45) is 2.48. The lowest BCUT2D eigenvalue weighted by Gasteiger charge is -2.03. The molecule has 0 aromatic carbocycles. The van der Waals surface area contributed by atoms with Gasteiger partial charge in [-0.1, -0.05) is 0 Å². The molecule has 18 heavy (non-hydrogen) atoms. The molecule has 4 nitrogen and oxygen atoms in total. The highest BCUT2D eigenvalue weighted by molar-refractivity contribution is 7.13. The molecular formula is C12H12FN3OS. The van der Waals surface area contributed by atoms with Crippen LogP contribution in [0.3, 0.4) is 0 Å². The maximum absolute atomic E-state index is 12.7. The van der Waals surface area contributed by atoms with Crippen LogP contribution in [0.2, 0.25) is 0 Å². The smallest absolute Gasteiger partial charge is 0.212 e. The number of ether oxygens (including phenoxy) is 1. The zero-order chi connectivity index (χ0) is 12.4. The molecule has 0 saturated carbocycles. The van der Waals surface area contributed by atoms with E-state index in [4.69, 9.17) is 4.74 Å². The monoisotopic (exact) mass is 265 g/mol. The molecule has 0 aliphatic carbocycles. The number of pyridine rings is 1. The standard InChI is InChI=1S/C12H12FN3OS/c13-11-2-1-9(5-14-11)15-12-16-10(7-18-12)8-3-4-17-6-8/h1-2,5,7-8H,3-4,6H2,(H,15,16). The van der Waals surface area contributed by atoms with Crippen LogP contribution < -0.4 is 5.32 Å². The fourth-order valence-electron chi connectivity index (χ4n) is 1.87. The Kier molecular flexibility index (Phi) is 3.21. The minimum atomic E-state index is -0.483. The van der Waals surface area contributed by atoms with Gasteiger partial charge in [0.25, 0.3) is 0 Å². The van der Waals surface area contributed by atoms with Crippen molar-refractivity contribution in [3.05, 3.63) is 35.4 Å². The van der Waals surface area contributed by atoms with Gasteiger partial charge in [0.05, 0.1) is 24.2 Å². The number of nitrogens with one attached hydrogen (secondary N) is 1. The highest BCUT2D eigenvalue weighted by atomic mass is 32.1. The first-order chi connectivity index (χ1) is 8.81. The molecule has 0 radical (unpaired) electrons. The molecule has 1 unspecified atom stereocenters. The second kappa shape index (κ2) is 4.99. The first-order valence-electron chi connectivity index (χ1n) is 5.73. The predicted molar refractivity (Wildman–Crippen MR) is 67.8 cm³/mol.